The highest BCUT2D eigenvalue weighted by molar-refractivity contribution is 5.78. The van der Waals surface area contributed by atoms with Crippen LogP contribution in [0.15, 0.2) is 48.5 Å². The summed E-state index contributed by atoms with van der Waals surface area (Å²) in [7, 11) is 0. The van der Waals surface area contributed by atoms with E-state index in [0.29, 0.717) is 6.54 Å². The average molecular weight is 370 g/mol. The van der Waals surface area contributed by atoms with E-state index in [1.54, 1.807) is 12.1 Å². The Balaban J connectivity index is 1.54. The van der Waals surface area contributed by atoms with Crippen molar-refractivity contribution in [2.45, 2.75) is 19.5 Å². The quantitative estimate of drug-likeness (QED) is 0.559. The van der Waals surface area contributed by atoms with Crippen LogP contribution in [-0.2, 0) is 29.0 Å². The van der Waals surface area contributed by atoms with Crippen molar-refractivity contribution >= 4 is 11.6 Å². The summed E-state index contributed by atoms with van der Waals surface area (Å²) in [5.74, 6) is -0.0997. The molecule has 0 aromatic heterocycles. The molecule has 0 atom stereocenters. The van der Waals surface area contributed by atoms with E-state index in [2.05, 4.69) is 11.4 Å². The van der Waals surface area contributed by atoms with E-state index in [0.717, 1.165) is 44.0 Å². The van der Waals surface area contributed by atoms with Crippen LogP contribution in [0.25, 0.3) is 0 Å². The molecule has 2 aromatic rings. The topological polar surface area (TPSA) is 85.9 Å². The van der Waals surface area contributed by atoms with Crippen LogP contribution in [0, 0.1) is 10.1 Å². The summed E-state index contributed by atoms with van der Waals surface area (Å²) in [5.41, 5.74) is 3.14. The van der Waals surface area contributed by atoms with E-state index in [9.17, 15) is 14.9 Å². The number of quaternary nitrogens is 1. The Morgan fingerprint density at radius 2 is 1.74 bits per heavy atom. The van der Waals surface area contributed by atoms with E-state index in [1.165, 1.54) is 22.6 Å². The molecule has 0 radical (unpaired) electrons. The van der Waals surface area contributed by atoms with Crippen LogP contribution >= 0.6 is 0 Å². The second-order valence-corrected chi connectivity index (χ2v) is 6.68. The lowest BCUT2D eigenvalue weighted by atomic mass is 10.1. The first kappa shape index (κ1) is 19.0. The summed E-state index contributed by atoms with van der Waals surface area (Å²) in [4.78, 5) is 24.0. The van der Waals surface area contributed by atoms with Crippen LogP contribution in [-0.4, -0.2) is 37.1 Å². The summed E-state index contributed by atoms with van der Waals surface area (Å²) in [5, 5.41) is 13.6. The highest BCUT2D eigenvalue weighted by atomic mass is 16.6. The Morgan fingerprint density at radius 3 is 2.41 bits per heavy atom. The minimum absolute atomic E-state index is 0.0266. The Morgan fingerprint density at radius 1 is 1.07 bits per heavy atom. The summed E-state index contributed by atoms with van der Waals surface area (Å²) >= 11 is 0. The van der Waals surface area contributed by atoms with Crippen molar-refractivity contribution in [2.24, 2.45) is 0 Å². The number of non-ortho nitro benzene ring substituents is 1. The van der Waals surface area contributed by atoms with Gasteiger partial charge in [-0.05, 0) is 11.1 Å². The second-order valence-electron chi connectivity index (χ2n) is 6.68. The molecular formula is C20H24N3O4+. The molecule has 27 heavy (non-hydrogen) atoms. The zero-order valence-corrected chi connectivity index (χ0v) is 15.1. The lowest BCUT2D eigenvalue weighted by Crippen LogP contribution is -3.12. The molecule has 1 heterocycles. The fourth-order valence-corrected chi connectivity index (χ4v) is 3.19. The first-order chi connectivity index (χ1) is 13.1. The summed E-state index contributed by atoms with van der Waals surface area (Å²) < 4.78 is 5.41. The van der Waals surface area contributed by atoms with E-state index in [1.807, 2.05) is 18.2 Å². The minimum atomic E-state index is -0.447. The van der Waals surface area contributed by atoms with Gasteiger partial charge in [-0.1, -0.05) is 36.4 Å². The molecule has 1 amide bonds. The molecule has 2 aromatic carbocycles. The third-order valence-electron chi connectivity index (χ3n) is 4.75. The maximum absolute atomic E-state index is 12.2. The van der Waals surface area contributed by atoms with Crippen molar-refractivity contribution in [3.8, 4) is 0 Å². The van der Waals surface area contributed by atoms with Crippen molar-refractivity contribution in [2.75, 3.05) is 26.3 Å². The fraction of sp³-hybridized carbons (Fsp3) is 0.350. The number of benzene rings is 2. The number of nitro benzene ring substituents is 1. The number of nitro groups is 1. The largest absolute Gasteiger partial charge is 0.370 e. The Bertz CT molecular complexity index is 786. The van der Waals surface area contributed by atoms with Crippen LogP contribution < -0.4 is 10.2 Å². The zero-order valence-electron chi connectivity index (χ0n) is 15.1. The van der Waals surface area contributed by atoms with E-state index in [-0.39, 0.29) is 18.0 Å². The second kappa shape index (κ2) is 9.25. The van der Waals surface area contributed by atoms with Gasteiger partial charge < -0.3 is 15.0 Å². The van der Waals surface area contributed by atoms with Crippen molar-refractivity contribution < 1.29 is 19.4 Å². The Labute approximate surface area is 158 Å². The van der Waals surface area contributed by atoms with Gasteiger partial charge in [0.2, 0.25) is 5.91 Å². The maximum atomic E-state index is 12.2. The van der Waals surface area contributed by atoms with Gasteiger partial charge in [-0.2, -0.15) is 0 Å². The van der Waals surface area contributed by atoms with Crippen LogP contribution in [0.3, 0.4) is 0 Å². The summed E-state index contributed by atoms with van der Waals surface area (Å²) in [6, 6.07) is 14.2. The standard InChI is InChI=1S/C20H23N3O4/c24-20(13-16-5-7-19(8-6-16)23(25)26)21-14-17-3-1-2-4-18(17)15-22-9-11-27-12-10-22/h1-8H,9-15H2,(H,21,24)/p+1. The van der Waals surface area contributed by atoms with Crippen molar-refractivity contribution in [1.82, 2.24) is 5.32 Å². The smallest absolute Gasteiger partial charge is 0.269 e. The van der Waals surface area contributed by atoms with Crippen LogP contribution in [0.2, 0.25) is 0 Å². The third-order valence-corrected chi connectivity index (χ3v) is 4.75. The maximum Gasteiger partial charge on any atom is 0.269 e. The predicted molar refractivity (Wildman–Crippen MR) is 100 cm³/mol. The molecule has 0 bridgehead atoms. The molecule has 1 aliphatic heterocycles. The van der Waals surface area contributed by atoms with E-state index in [4.69, 9.17) is 4.74 Å². The number of hydrogen-bond donors (Lipinski definition) is 2. The van der Waals surface area contributed by atoms with Gasteiger partial charge in [-0.3, -0.25) is 14.9 Å². The number of ether oxygens (including phenoxy) is 1. The third kappa shape index (κ3) is 5.60. The van der Waals surface area contributed by atoms with Gasteiger partial charge >= 0.3 is 0 Å². The molecular weight excluding hydrogens is 346 g/mol. The predicted octanol–water partition coefficient (Wildman–Crippen LogP) is 0.869. The lowest BCUT2D eigenvalue weighted by Gasteiger charge is -2.24. The molecule has 1 aliphatic rings. The van der Waals surface area contributed by atoms with Gasteiger partial charge in [-0.15, -0.1) is 0 Å². The van der Waals surface area contributed by atoms with Gasteiger partial charge in [0.15, 0.2) is 0 Å². The van der Waals surface area contributed by atoms with Crippen molar-refractivity contribution in [3.63, 3.8) is 0 Å². The lowest BCUT2D eigenvalue weighted by molar-refractivity contribution is -0.921. The minimum Gasteiger partial charge on any atom is -0.370 e. The van der Waals surface area contributed by atoms with Gasteiger partial charge in [0.25, 0.3) is 5.69 Å². The fourth-order valence-electron chi connectivity index (χ4n) is 3.19. The average Bonchev–Trinajstić information content (AvgIpc) is 2.68. The number of carbonyl (C=O) groups is 1. The molecule has 142 valence electrons. The molecule has 7 heteroatoms. The van der Waals surface area contributed by atoms with Gasteiger partial charge in [0, 0.05) is 24.2 Å². The van der Waals surface area contributed by atoms with Crippen molar-refractivity contribution in [1.29, 1.82) is 0 Å². The highest BCUT2D eigenvalue weighted by Crippen LogP contribution is 2.12. The van der Waals surface area contributed by atoms with E-state index >= 15 is 0 Å². The molecule has 0 aliphatic carbocycles. The van der Waals surface area contributed by atoms with Crippen LogP contribution in [0.5, 0.6) is 0 Å². The Kier molecular flexibility index (Phi) is 6.51. The van der Waals surface area contributed by atoms with Gasteiger partial charge in [0.1, 0.15) is 19.6 Å². The summed E-state index contributed by atoms with van der Waals surface area (Å²) in [6.07, 6.45) is 0.203. The number of nitrogens with zero attached hydrogens (tertiary/aromatic N) is 1. The van der Waals surface area contributed by atoms with Gasteiger partial charge in [-0.25, -0.2) is 0 Å². The molecule has 3 rings (SSSR count). The van der Waals surface area contributed by atoms with Crippen molar-refractivity contribution in [3.05, 3.63) is 75.3 Å². The molecule has 0 saturated carbocycles. The van der Waals surface area contributed by atoms with Gasteiger partial charge in [0.05, 0.1) is 24.6 Å². The zero-order chi connectivity index (χ0) is 19.1. The normalized spacial score (nSPS) is 14.7. The number of amides is 1. The number of nitrogens with one attached hydrogen (secondary N) is 2. The number of carbonyl (C=O) groups excluding carboxylic acids is 1. The monoisotopic (exact) mass is 370 g/mol. The Hall–Kier alpha value is -2.77. The molecule has 1 fully saturated rings. The summed E-state index contributed by atoms with van der Waals surface area (Å²) in [6.45, 7) is 5.00. The number of morpholine rings is 1. The van der Waals surface area contributed by atoms with Crippen LogP contribution in [0.4, 0.5) is 5.69 Å². The first-order valence-corrected chi connectivity index (χ1v) is 9.10. The SMILES string of the molecule is O=C(Cc1ccc([N+](=O)[O-])cc1)NCc1ccccc1C[NH+]1CCOCC1. The molecule has 7 nitrogen and oxygen atoms in total. The first-order valence-electron chi connectivity index (χ1n) is 9.10. The van der Waals surface area contributed by atoms with Crippen LogP contribution in [0.1, 0.15) is 16.7 Å². The molecule has 1 saturated heterocycles. The highest BCUT2D eigenvalue weighted by Gasteiger charge is 2.16. The van der Waals surface area contributed by atoms with E-state index < -0.39 is 4.92 Å². The molecule has 2 N–H and O–H groups in total. The molecule has 0 spiro atoms. The number of hydrogen-bond acceptors (Lipinski definition) is 4. The number of rotatable bonds is 7. The molecule has 0 unspecified atom stereocenters.